The number of hydrogen-bond donors (Lipinski definition) is 0. The zero-order chi connectivity index (χ0) is 13.4. The van der Waals surface area contributed by atoms with E-state index in [0.717, 1.165) is 10.0 Å². The zero-order valence-corrected chi connectivity index (χ0v) is 12.2. The Morgan fingerprint density at radius 2 is 2.00 bits per heavy atom. The highest BCUT2D eigenvalue weighted by Gasteiger charge is 2.28. The molecule has 0 amide bonds. The van der Waals surface area contributed by atoms with Gasteiger partial charge in [0.1, 0.15) is 11.9 Å². The van der Waals surface area contributed by atoms with E-state index in [9.17, 15) is 4.79 Å². The van der Waals surface area contributed by atoms with Crippen LogP contribution in [0.5, 0.6) is 5.75 Å². The largest absolute Gasteiger partial charge is 0.484 e. The molecule has 19 heavy (non-hydrogen) atoms. The van der Waals surface area contributed by atoms with Crippen molar-refractivity contribution < 1.29 is 9.53 Å². The van der Waals surface area contributed by atoms with Gasteiger partial charge in [-0.05, 0) is 24.3 Å². The van der Waals surface area contributed by atoms with Crippen molar-refractivity contribution in [2.45, 2.75) is 12.5 Å². The number of hydrogen-bond acceptors (Lipinski definition) is 2. The summed E-state index contributed by atoms with van der Waals surface area (Å²) >= 11 is 9.58. The van der Waals surface area contributed by atoms with Crippen molar-refractivity contribution in [3.05, 3.63) is 63.1 Å². The third-order valence-electron chi connectivity index (χ3n) is 3.14. The van der Waals surface area contributed by atoms with Crippen molar-refractivity contribution >= 4 is 33.3 Å². The van der Waals surface area contributed by atoms with E-state index < -0.39 is 0 Å². The smallest absolute Gasteiger partial charge is 0.170 e. The van der Waals surface area contributed by atoms with Crippen LogP contribution in [0.1, 0.15) is 28.4 Å². The summed E-state index contributed by atoms with van der Waals surface area (Å²) < 4.78 is 6.79. The average Bonchev–Trinajstić information content (AvgIpc) is 2.38. The van der Waals surface area contributed by atoms with E-state index in [1.54, 1.807) is 6.07 Å². The maximum atomic E-state index is 12.1. The molecule has 1 heterocycles. The van der Waals surface area contributed by atoms with Crippen LogP contribution in [0, 0.1) is 0 Å². The maximum Gasteiger partial charge on any atom is 0.170 e. The molecule has 1 unspecified atom stereocenters. The third kappa shape index (κ3) is 2.40. The van der Waals surface area contributed by atoms with E-state index in [0.29, 0.717) is 22.8 Å². The minimum Gasteiger partial charge on any atom is -0.484 e. The van der Waals surface area contributed by atoms with Gasteiger partial charge >= 0.3 is 0 Å². The first kappa shape index (κ1) is 12.7. The van der Waals surface area contributed by atoms with Crippen molar-refractivity contribution in [2.24, 2.45) is 0 Å². The van der Waals surface area contributed by atoms with Crippen LogP contribution in [0.2, 0.25) is 5.02 Å². The molecular weight excluding hydrogens is 328 g/mol. The third-order valence-corrected chi connectivity index (χ3v) is 3.96. The van der Waals surface area contributed by atoms with Crippen LogP contribution in [0.3, 0.4) is 0 Å². The van der Waals surface area contributed by atoms with E-state index in [2.05, 4.69) is 15.9 Å². The predicted molar refractivity (Wildman–Crippen MR) is 77.9 cm³/mol. The molecule has 0 spiro atoms. The SMILES string of the molecule is O=C1CC(c2ccc(Br)cc2Cl)Oc2ccccc21. The highest BCUT2D eigenvalue weighted by molar-refractivity contribution is 9.10. The highest BCUT2D eigenvalue weighted by Crippen LogP contribution is 2.37. The van der Waals surface area contributed by atoms with Crippen molar-refractivity contribution in [3.63, 3.8) is 0 Å². The fourth-order valence-electron chi connectivity index (χ4n) is 2.21. The Kier molecular flexibility index (Phi) is 3.33. The fourth-order valence-corrected chi connectivity index (χ4v) is 3.00. The molecule has 96 valence electrons. The highest BCUT2D eigenvalue weighted by atomic mass is 79.9. The van der Waals surface area contributed by atoms with Gasteiger partial charge in [-0.25, -0.2) is 0 Å². The molecule has 1 atom stereocenters. The van der Waals surface area contributed by atoms with Gasteiger partial charge in [-0.2, -0.15) is 0 Å². The molecule has 0 N–H and O–H groups in total. The Labute approximate surface area is 124 Å². The van der Waals surface area contributed by atoms with Crippen molar-refractivity contribution in [3.8, 4) is 5.75 Å². The average molecular weight is 338 g/mol. The summed E-state index contributed by atoms with van der Waals surface area (Å²) in [6.07, 6.45) is 0.00116. The number of carbonyl (C=O) groups excluding carboxylic acids is 1. The first-order valence-corrected chi connectivity index (χ1v) is 7.06. The van der Waals surface area contributed by atoms with Crippen LogP contribution in [0.4, 0.5) is 0 Å². The minimum absolute atomic E-state index is 0.0887. The number of benzene rings is 2. The molecule has 1 aliphatic rings. The number of fused-ring (bicyclic) bond motifs is 1. The summed E-state index contributed by atoms with van der Waals surface area (Å²) in [5.41, 5.74) is 1.49. The fraction of sp³-hybridized carbons (Fsp3) is 0.133. The first-order chi connectivity index (χ1) is 9.15. The number of halogens is 2. The van der Waals surface area contributed by atoms with Crippen LogP contribution in [0.25, 0.3) is 0 Å². The van der Waals surface area contributed by atoms with Crippen molar-refractivity contribution in [2.75, 3.05) is 0 Å². The topological polar surface area (TPSA) is 26.3 Å². The molecule has 2 aromatic carbocycles. The lowest BCUT2D eigenvalue weighted by atomic mass is 9.96. The minimum atomic E-state index is -0.317. The normalized spacial score (nSPS) is 17.8. The van der Waals surface area contributed by atoms with E-state index in [1.807, 2.05) is 36.4 Å². The summed E-state index contributed by atoms with van der Waals surface area (Å²) in [6, 6.07) is 12.9. The molecule has 3 rings (SSSR count). The standard InChI is InChI=1S/C15H10BrClO2/c16-9-5-6-10(12(17)7-9)15-8-13(18)11-3-1-2-4-14(11)19-15/h1-7,15H,8H2. The summed E-state index contributed by atoms with van der Waals surface area (Å²) in [5.74, 6) is 0.716. The predicted octanol–water partition coefficient (Wildman–Crippen LogP) is 4.81. The molecule has 0 aromatic heterocycles. The van der Waals surface area contributed by atoms with Crippen LogP contribution < -0.4 is 4.74 Å². The second-order valence-corrected chi connectivity index (χ2v) is 5.72. The van der Waals surface area contributed by atoms with Gasteiger partial charge < -0.3 is 4.74 Å². The summed E-state index contributed by atoms with van der Waals surface area (Å²) in [7, 11) is 0. The molecule has 2 nitrogen and oxygen atoms in total. The number of Topliss-reactive ketones (excluding diaryl/α,β-unsaturated/α-hetero) is 1. The Morgan fingerprint density at radius 3 is 2.79 bits per heavy atom. The molecule has 2 aromatic rings. The maximum absolute atomic E-state index is 12.1. The number of ether oxygens (including phenoxy) is 1. The van der Waals surface area contributed by atoms with Gasteiger partial charge in [-0.3, -0.25) is 4.79 Å². The van der Waals surface area contributed by atoms with E-state index >= 15 is 0 Å². The van der Waals surface area contributed by atoms with Gasteiger partial charge in [0.25, 0.3) is 0 Å². The van der Waals surface area contributed by atoms with Gasteiger partial charge in [-0.1, -0.05) is 45.7 Å². The lowest BCUT2D eigenvalue weighted by Crippen LogP contribution is -2.20. The number of ketones is 1. The van der Waals surface area contributed by atoms with Crippen molar-refractivity contribution in [1.82, 2.24) is 0 Å². The summed E-state index contributed by atoms with van der Waals surface area (Å²) in [4.78, 5) is 12.1. The van der Waals surface area contributed by atoms with Gasteiger partial charge in [0.05, 0.1) is 12.0 Å². The molecule has 4 heteroatoms. The number of para-hydroxylation sites is 1. The van der Waals surface area contributed by atoms with Gasteiger partial charge in [-0.15, -0.1) is 0 Å². The van der Waals surface area contributed by atoms with Crippen LogP contribution in [-0.4, -0.2) is 5.78 Å². The Bertz CT molecular complexity index is 654. The molecular formula is C15H10BrClO2. The Balaban J connectivity index is 1.99. The number of carbonyl (C=O) groups is 1. The van der Waals surface area contributed by atoms with Gasteiger partial charge in [0.15, 0.2) is 5.78 Å². The zero-order valence-electron chi connectivity index (χ0n) is 9.90. The van der Waals surface area contributed by atoms with E-state index in [-0.39, 0.29) is 11.9 Å². The first-order valence-electron chi connectivity index (χ1n) is 5.89. The molecule has 0 saturated carbocycles. The lowest BCUT2D eigenvalue weighted by Gasteiger charge is -2.26. The Hall–Kier alpha value is -1.32. The van der Waals surface area contributed by atoms with E-state index in [1.165, 1.54) is 0 Å². The van der Waals surface area contributed by atoms with Crippen LogP contribution in [-0.2, 0) is 0 Å². The monoisotopic (exact) mass is 336 g/mol. The molecule has 0 bridgehead atoms. The second-order valence-electron chi connectivity index (χ2n) is 4.40. The number of rotatable bonds is 1. The van der Waals surface area contributed by atoms with Crippen LogP contribution in [0.15, 0.2) is 46.9 Å². The summed E-state index contributed by atoms with van der Waals surface area (Å²) in [5, 5.41) is 0.603. The van der Waals surface area contributed by atoms with Crippen molar-refractivity contribution in [1.29, 1.82) is 0 Å². The van der Waals surface area contributed by atoms with Gasteiger partial charge in [0, 0.05) is 15.1 Å². The quantitative estimate of drug-likeness (QED) is 0.746. The molecule has 0 fully saturated rings. The molecule has 0 aliphatic carbocycles. The molecule has 0 radical (unpaired) electrons. The Morgan fingerprint density at radius 1 is 1.21 bits per heavy atom. The van der Waals surface area contributed by atoms with Crippen LogP contribution >= 0.6 is 27.5 Å². The van der Waals surface area contributed by atoms with E-state index in [4.69, 9.17) is 16.3 Å². The van der Waals surface area contributed by atoms with Gasteiger partial charge in [0.2, 0.25) is 0 Å². The summed E-state index contributed by atoms with van der Waals surface area (Å²) in [6.45, 7) is 0. The molecule has 1 aliphatic heterocycles. The second kappa shape index (κ2) is 4.99. The lowest BCUT2D eigenvalue weighted by molar-refractivity contribution is 0.0850. The molecule has 0 saturated heterocycles.